The Kier molecular flexibility index (Phi) is 4.91. The molecule has 0 aromatic carbocycles. The van der Waals surface area contributed by atoms with Crippen LogP contribution in [0.15, 0.2) is 0 Å². The molecule has 3 unspecified atom stereocenters. The highest BCUT2D eigenvalue weighted by atomic mass is 16.3. The van der Waals surface area contributed by atoms with Crippen LogP contribution < -0.4 is 5.32 Å². The molecule has 1 saturated carbocycles. The first kappa shape index (κ1) is 15.3. The zero-order valence-corrected chi connectivity index (χ0v) is 13.2. The fraction of sp³-hybridized carbons (Fsp3) is 1.00. The third-order valence-electron chi connectivity index (χ3n) is 5.51. The third-order valence-corrected chi connectivity index (χ3v) is 5.51. The Hall–Kier alpha value is -0.120. The first-order chi connectivity index (χ1) is 8.89. The molecule has 3 nitrogen and oxygen atoms in total. The van der Waals surface area contributed by atoms with Crippen LogP contribution >= 0.6 is 0 Å². The van der Waals surface area contributed by atoms with Crippen LogP contribution in [0.3, 0.4) is 0 Å². The number of nitrogens with one attached hydrogen (secondary N) is 1. The largest absolute Gasteiger partial charge is 0.389 e. The lowest BCUT2D eigenvalue weighted by atomic mass is 9.79. The molecule has 112 valence electrons. The minimum absolute atomic E-state index is 0.446. The van der Waals surface area contributed by atoms with Gasteiger partial charge < -0.3 is 15.3 Å². The standard InChI is InChI=1S/C16H32N2O/c1-12-5-7-16(19,8-6-12)11-17-15-9-14(3)18(4)10-13(15)2/h12-15,17,19H,5-11H2,1-4H3. The van der Waals surface area contributed by atoms with Gasteiger partial charge in [-0.3, -0.25) is 0 Å². The molecule has 0 aromatic heterocycles. The number of aliphatic hydroxyl groups is 1. The molecule has 2 N–H and O–H groups in total. The van der Waals surface area contributed by atoms with Gasteiger partial charge in [0, 0.05) is 25.2 Å². The van der Waals surface area contributed by atoms with Crippen LogP contribution in [0.25, 0.3) is 0 Å². The number of hydrogen-bond acceptors (Lipinski definition) is 3. The van der Waals surface area contributed by atoms with Gasteiger partial charge in [0.05, 0.1) is 5.60 Å². The molecule has 1 aliphatic carbocycles. The van der Waals surface area contributed by atoms with Gasteiger partial charge in [-0.2, -0.15) is 0 Å². The van der Waals surface area contributed by atoms with Gasteiger partial charge in [-0.25, -0.2) is 0 Å². The van der Waals surface area contributed by atoms with Crippen LogP contribution in [0.2, 0.25) is 0 Å². The van der Waals surface area contributed by atoms with E-state index in [4.69, 9.17) is 0 Å². The first-order valence-corrected chi connectivity index (χ1v) is 8.05. The summed E-state index contributed by atoms with van der Waals surface area (Å²) >= 11 is 0. The second-order valence-corrected chi connectivity index (χ2v) is 7.40. The Morgan fingerprint density at radius 2 is 1.84 bits per heavy atom. The fourth-order valence-corrected chi connectivity index (χ4v) is 3.62. The monoisotopic (exact) mass is 268 g/mol. The second kappa shape index (κ2) is 6.11. The van der Waals surface area contributed by atoms with Crippen LogP contribution in [0.4, 0.5) is 0 Å². The van der Waals surface area contributed by atoms with Crippen molar-refractivity contribution in [2.24, 2.45) is 11.8 Å². The maximum atomic E-state index is 10.7. The van der Waals surface area contributed by atoms with Gasteiger partial charge in [0.2, 0.25) is 0 Å². The first-order valence-electron chi connectivity index (χ1n) is 8.05. The van der Waals surface area contributed by atoms with E-state index in [1.807, 2.05) is 0 Å². The van der Waals surface area contributed by atoms with Gasteiger partial charge in [-0.15, -0.1) is 0 Å². The van der Waals surface area contributed by atoms with E-state index in [9.17, 15) is 5.11 Å². The summed E-state index contributed by atoms with van der Waals surface area (Å²) in [6.45, 7) is 8.87. The SMILES string of the molecule is CC1CCC(O)(CNC2CC(C)N(C)CC2C)CC1. The number of piperidine rings is 1. The van der Waals surface area contributed by atoms with Crippen LogP contribution in [-0.4, -0.2) is 47.8 Å². The maximum Gasteiger partial charge on any atom is 0.0771 e. The molecule has 0 aromatic rings. The Balaban J connectivity index is 1.81. The molecule has 0 spiro atoms. The predicted octanol–water partition coefficient (Wildman–Crippen LogP) is 2.25. The van der Waals surface area contributed by atoms with E-state index >= 15 is 0 Å². The lowest BCUT2D eigenvalue weighted by Crippen LogP contribution is -2.54. The minimum Gasteiger partial charge on any atom is -0.389 e. The van der Waals surface area contributed by atoms with E-state index in [1.54, 1.807) is 0 Å². The van der Waals surface area contributed by atoms with Crippen LogP contribution in [0, 0.1) is 11.8 Å². The van der Waals surface area contributed by atoms with Crippen molar-refractivity contribution in [1.82, 2.24) is 10.2 Å². The number of rotatable bonds is 3. The van der Waals surface area contributed by atoms with E-state index < -0.39 is 5.60 Å². The van der Waals surface area contributed by atoms with Gasteiger partial charge in [-0.1, -0.05) is 13.8 Å². The van der Waals surface area contributed by atoms with Gasteiger partial charge in [0.25, 0.3) is 0 Å². The Bertz CT molecular complexity index is 286. The summed E-state index contributed by atoms with van der Waals surface area (Å²) in [5, 5.41) is 14.3. The van der Waals surface area contributed by atoms with E-state index in [2.05, 4.69) is 38.0 Å². The number of hydrogen-bond donors (Lipinski definition) is 2. The summed E-state index contributed by atoms with van der Waals surface area (Å²) in [6.07, 6.45) is 5.49. The quantitative estimate of drug-likeness (QED) is 0.824. The molecule has 3 atom stereocenters. The zero-order valence-electron chi connectivity index (χ0n) is 13.2. The second-order valence-electron chi connectivity index (χ2n) is 7.40. The van der Waals surface area contributed by atoms with Gasteiger partial charge >= 0.3 is 0 Å². The normalized spacial score (nSPS) is 45.3. The summed E-state index contributed by atoms with van der Waals surface area (Å²) < 4.78 is 0. The van der Waals surface area contributed by atoms with Crippen LogP contribution in [-0.2, 0) is 0 Å². The van der Waals surface area contributed by atoms with Gasteiger partial charge in [0.15, 0.2) is 0 Å². The molecule has 1 heterocycles. The molecule has 19 heavy (non-hydrogen) atoms. The summed E-state index contributed by atoms with van der Waals surface area (Å²) in [4.78, 5) is 2.44. The van der Waals surface area contributed by atoms with Crippen molar-refractivity contribution in [3.63, 3.8) is 0 Å². The van der Waals surface area contributed by atoms with Gasteiger partial charge in [0.1, 0.15) is 0 Å². The molecule has 2 fully saturated rings. The van der Waals surface area contributed by atoms with Crippen molar-refractivity contribution < 1.29 is 5.11 Å². The zero-order chi connectivity index (χ0) is 14.0. The molecule has 0 amide bonds. The van der Waals surface area contributed by atoms with Crippen molar-refractivity contribution in [2.45, 2.75) is 70.6 Å². The minimum atomic E-state index is -0.446. The average molecular weight is 268 g/mol. The Labute approximate surface area is 118 Å². The van der Waals surface area contributed by atoms with E-state index in [-0.39, 0.29) is 0 Å². The van der Waals surface area contributed by atoms with Crippen LogP contribution in [0.5, 0.6) is 0 Å². The molecule has 1 aliphatic heterocycles. The third kappa shape index (κ3) is 3.93. The lowest BCUT2D eigenvalue weighted by Gasteiger charge is -2.42. The maximum absolute atomic E-state index is 10.7. The van der Waals surface area contributed by atoms with E-state index in [0.717, 1.165) is 31.8 Å². The molecule has 2 rings (SSSR count). The van der Waals surface area contributed by atoms with Crippen molar-refractivity contribution in [1.29, 1.82) is 0 Å². The Morgan fingerprint density at radius 1 is 1.21 bits per heavy atom. The van der Waals surface area contributed by atoms with Crippen molar-refractivity contribution >= 4 is 0 Å². The highest BCUT2D eigenvalue weighted by Crippen LogP contribution is 2.32. The smallest absolute Gasteiger partial charge is 0.0771 e. The Morgan fingerprint density at radius 3 is 2.47 bits per heavy atom. The van der Waals surface area contributed by atoms with Crippen molar-refractivity contribution in [3.8, 4) is 0 Å². The number of likely N-dealkylation sites (tertiary alicyclic amines) is 1. The molecule has 1 saturated heterocycles. The lowest BCUT2D eigenvalue weighted by molar-refractivity contribution is -0.0130. The summed E-state index contributed by atoms with van der Waals surface area (Å²) in [5.74, 6) is 1.47. The molecule has 0 radical (unpaired) electrons. The summed E-state index contributed by atoms with van der Waals surface area (Å²) in [5.41, 5.74) is -0.446. The molecule has 0 bridgehead atoms. The summed E-state index contributed by atoms with van der Waals surface area (Å²) in [6, 6.07) is 1.21. The molecule has 3 heteroatoms. The topological polar surface area (TPSA) is 35.5 Å². The predicted molar refractivity (Wildman–Crippen MR) is 80.2 cm³/mol. The van der Waals surface area contributed by atoms with Crippen LogP contribution in [0.1, 0.15) is 52.9 Å². The molecule has 2 aliphatic rings. The van der Waals surface area contributed by atoms with Gasteiger partial charge in [-0.05, 0) is 57.9 Å². The summed E-state index contributed by atoms with van der Waals surface area (Å²) in [7, 11) is 2.22. The van der Waals surface area contributed by atoms with E-state index in [1.165, 1.54) is 19.3 Å². The highest BCUT2D eigenvalue weighted by Gasteiger charge is 2.34. The highest BCUT2D eigenvalue weighted by molar-refractivity contribution is 4.91. The van der Waals surface area contributed by atoms with Crippen molar-refractivity contribution in [2.75, 3.05) is 20.1 Å². The average Bonchev–Trinajstić information content (AvgIpc) is 2.36. The van der Waals surface area contributed by atoms with Crippen molar-refractivity contribution in [3.05, 3.63) is 0 Å². The number of nitrogens with zero attached hydrogens (tertiary/aromatic N) is 1. The molecular formula is C16H32N2O. The fourth-order valence-electron chi connectivity index (χ4n) is 3.62. The van der Waals surface area contributed by atoms with E-state index in [0.29, 0.717) is 18.0 Å². The molecular weight excluding hydrogens is 236 g/mol.